The molecule has 2 rings (SSSR count). The molecular formula is C13H16N2O. The number of nitriles is 1. The number of aliphatic hydroxyl groups excluding tert-OH is 1. The fourth-order valence-electron chi connectivity index (χ4n) is 2.20. The first-order valence-electron chi connectivity index (χ1n) is 5.70. The molecule has 0 bridgehead atoms. The summed E-state index contributed by atoms with van der Waals surface area (Å²) in [6.45, 7) is 2.15. The molecule has 1 N–H and O–H groups in total. The normalized spacial score (nSPS) is 17.1. The summed E-state index contributed by atoms with van der Waals surface area (Å²) in [5.74, 6) is 0.436. The van der Waals surface area contributed by atoms with E-state index in [0.29, 0.717) is 5.92 Å². The average Bonchev–Trinajstić information content (AvgIpc) is 2.39. The molecule has 3 heteroatoms. The van der Waals surface area contributed by atoms with Gasteiger partial charge in [0.1, 0.15) is 6.07 Å². The van der Waals surface area contributed by atoms with E-state index in [4.69, 9.17) is 10.4 Å². The van der Waals surface area contributed by atoms with Gasteiger partial charge in [-0.25, -0.2) is 0 Å². The van der Waals surface area contributed by atoms with Crippen LogP contribution in [-0.4, -0.2) is 24.8 Å². The second kappa shape index (κ2) is 5.00. The predicted octanol–water partition coefficient (Wildman–Crippen LogP) is 1.77. The third kappa shape index (κ3) is 2.17. The second-order valence-electron chi connectivity index (χ2n) is 4.24. The molecule has 0 amide bonds. The number of hydrogen-bond acceptors (Lipinski definition) is 3. The molecule has 1 aliphatic heterocycles. The van der Waals surface area contributed by atoms with E-state index >= 15 is 0 Å². The molecule has 1 aromatic carbocycles. The Morgan fingerprint density at radius 1 is 1.31 bits per heavy atom. The zero-order chi connectivity index (χ0) is 11.4. The Labute approximate surface area is 95.9 Å². The number of nitrogens with zero attached hydrogens (tertiary/aromatic N) is 2. The summed E-state index contributed by atoms with van der Waals surface area (Å²) in [6.07, 6.45) is 2.02. The molecule has 0 unspecified atom stereocenters. The molecule has 1 saturated heterocycles. The Kier molecular flexibility index (Phi) is 3.43. The van der Waals surface area contributed by atoms with Gasteiger partial charge in [-0.15, -0.1) is 0 Å². The molecule has 1 heterocycles. The summed E-state index contributed by atoms with van der Waals surface area (Å²) >= 11 is 0. The summed E-state index contributed by atoms with van der Waals surface area (Å²) in [5, 5.41) is 18.1. The topological polar surface area (TPSA) is 47.3 Å². The van der Waals surface area contributed by atoms with Gasteiger partial charge < -0.3 is 10.0 Å². The van der Waals surface area contributed by atoms with Gasteiger partial charge >= 0.3 is 0 Å². The van der Waals surface area contributed by atoms with Crippen molar-refractivity contribution in [2.24, 2.45) is 5.92 Å². The monoisotopic (exact) mass is 216 g/mol. The third-order valence-electron chi connectivity index (χ3n) is 3.24. The number of para-hydroxylation sites is 1. The summed E-state index contributed by atoms with van der Waals surface area (Å²) in [7, 11) is 0. The van der Waals surface area contributed by atoms with Gasteiger partial charge in [0, 0.05) is 19.7 Å². The van der Waals surface area contributed by atoms with E-state index in [0.717, 1.165) is 37.2 Å². The maximum atomic E-state index is 9.08. The van der Waals surface area contributed by atoms with Gasteiger partial charge in [-0.05, 0) is 30.9 Å². The van der Waals surface area contributed by atoms with E-state index in [1.165, 1.54) is 0 Å². The van der Waals surface area contributed by atoms with Gasteiger partial charge in [0.2, 0.25) is 0 Å². The quantitative estimate of drug-likeness (QED) is 0.819. The first-order chi connectivity index (χ1) is 7.85. The van der Waals surface area contributed by atoms with E-state index in [1.807, 2.05) is 24.3 Å². The van der Waals surface area contributed by atoms with Crippen LogP contribution >= 0.6 is 0 Å². The van der Waals surface area contributed by atoms with E-state index in [1.54, 1.807) is 0 Å². The molecule has 84 valence electrons. The molecule has 0 aromatic heterocycles. The van der Waals surface area contributed by atoms with Crippen molar-refractivity contribution < 1.29 is 5.11 Å². The summed E-state index contributed by atoms with van der Waals surface area (Å²) in [4.78, 5) is 2.24. The van der Waals surface area contributed by atoms with Crippen molar-refractivity contribution >= 4 is 5.69 Å². The highest BCUT2D eigenvalue weighted by Crippen LogP contribution is 2.25. The second-order valence-corrected chi connectivity index (χ2v) is 4.24. The number of rotatable bonds is 2. The van der Waals surface area contributed by atoms with Crippen LogP contribution in [0.25, 0.3) is 0 Å². The summed E-state index contributed by atoms with van der Waals surface area (Å²) < 4.78 is 0. The fourth-order valence-corrected chi connectivity index (χ4v) is 2.20. The molecule has 1 aliphatic rings. The van der Waals surface area contributed by atoms with Gasteiger partial charge in [0.25, 0.3) is 0 Å². The average molecular weight is 216 g/mol. The van der Waals surface area contributed by atoms with Crippen molar-refractivity contribution in [3.8, 4) is 6.07 Å². The molecule has 3 nitrogen and oxygen atoms in total. The molecule has 0 aliphatic carbocycles. The molecule has 16 heavy (non-hydrogen) atoms. The number of benzene rings is 1. The minimum absolute atomic E-state index is 0.285. The SMILES string of the molecule is N#Cc1ccccc1N1CCC(CO)CC1. The molecule has 0 radical (unpaired) electrons. The lowest BCUT2D eigenvalue weighted by atomic mass is 9.97. The van der Waals surface area contributed by atoms with Crippen LogP contribution in [0.2, 0.25) is 0 Å². The van der Waals surface area contributed by atoms with Crippen LogP contribution in [0.5, 0.6) is 0 Å². The smallest absolute Gasteiger partial charge is 0.101 e. The van der Waals surface area contributed by atoms with Gasteiger partial charge in [-0.1, -0.05) is 12.1 Å². The molecule has 0 spiro atoms. The zero-order valence-corrected chi connectivity index (χ0v) is 9.26. The molecular weight excluding hydrogens is 200 g/mol. The Bertz CT molecular complexity index is 389. The fraction of sp³-hybridized carbons (Fsp3) is 0.462. The van der Waals surface area contributed by atoms with Crippen LogP contribution in [0.3, 0.4) is 0 Å². The molecule has 0 atom stereocenters. The number of anilines is 1. The Hall–Kier alpha value is -1.53. The lowest BCUT2D eigenvalue weighted by molar-refractivity contribution is 0.203. The maximum Gasteiger partial charge on any atom is 0.101 e. The van der Waals surface area contributed by atoms with E-state index in [9.17, 15) is 0 Å². The first kappa shape index (κ1) is 11.0. The van der Waals surface area contributed by atoms with Gasteiger partial charge in [0.15, 0.2) is 0 Å². The Balaban J connectivity index is 2.11. The maximum absolute atomic E-state index is 9.08. The first-order valence-corrected chi connectivity index (χ1v) is 5.70. The number of aliphatic hydroxyl groups is 1. The number of piperidine rings is 1. The molecule has 1 aromatic rings. The highest BCUT2D eigenvalue weighted by molar-refractivity contribution is 5.59. The predicted molar refractivity (Wildman–Crippen MR) is 63.2 cm³/mol. The van der Waals surface area contributed by atoms with Crippen molar-refractivity contribution in [2.75, 3.05) is 24.6 Å². The minimum Gasteiger partial charge on any atom is -0.396 e. The van der Waals surface area contributed by atoms with Crippen LogP contribution in [0.4, 0.5) is 5.69 Å². The van der Waals surface area contributed by atoms with Crippen LogP contribution in [0, 0.1) is 17.2 Å². The third-order valence-corrected chi connectivity index (χ3v) is 3.24. The Morgan fingerprint density at radius 2 is 2.00 bits per heavy atom. The van der Waals surface area contributed by atoms with Crippen LogP contribution in [-0.2, 0) is 0 Å². The van der Waals surface area contributed by atoms with Crippen molar-refractivity contribution in [2.45, 2.75) is 12.8 Å². The standard InChI is InChI=1S/C13H16N2O/c14-9-12-3-1-2-4-13(12)15-7-5-11(10-16)6-8-15/h1-4,11,16H,5-8,10H2. The van der Waals surface area contributed by atoms with Crippen molar-refractivity contribution in [1.29, 1.82) is 5.26 Å². The molecule has 0 saturated carbocycles. The van der Waals surface area contributed by atoms with Crippen LogP contribution in [0.1, 0.15) is 18.4 Å². The molecule has 1 fully saturated rings. The van der Waals surface area contributed by atoms with Crippen LogP contribution in [0.15, 0.2) is 24.3 Å². The van der Waals surface area contributed by atoms with E-state index in [2.05, 4.69) is 11.0 Å². The van der Waals surface area contributed by atoms with Crippen LogP contribution < -0.4 is 4.90 Å². The van der Waals surface area contributed by atoms with Crippen molar-refractivity contribution in [3.05, 3.63) is 29.8 Å². The largest absolute Gasteiger partial charge is 0.396 e. The zero-order valence-electron chi connectivity index (χ0n) is 9.26. The van der Waals surface area contributed by atoms with Crippen molar-refractivity contribution in [1.82, 2.24) is 0 Å². The van der Waals surface area contributed by atoms with Gasteiger partial charge in [0.05, 0.1) is 11.3 Å². The lowest BCUT2D eigenvalue weighted by Crippen LogP contribution is -2.35. The van der Waals surface area contributed by atoms with Crippen molar-refractivity contribution in [3.63, 3.8) is 0 Å². The van der Waals surface area contributed by atoms with E-state index in [-0.39, 0.29) is 6.61 Å². The van der Waals surface area contributed by atoms with Gasteiger partial charge in [-0.3, -0.25) is 0 Å². The van der Waals surface area contributed by atoms with Gasteiger partial charge in [-0.2, -0.15) is 5.26 Å². The number of hydrogen-bond donors (Lipinski definition) is 1. The Morgan fingerprint density at radius 3 is 2.62 bits per heavy atom. The highest BCUT2D eigenvalue weighted by atomic mass is 16.3. The summed E-state index contributed by atoms with van der Waals surface area (Å²) in [5.41, 5.74) is 1.77. The minimum atomic E-state index is 0.285. The highest BCUT2D eigenvalue weighted by Gasteiger charge is 2.19. The van der Waals surface area contributed by atoms with E-state index < -0.39 is 0 Å². The lowest BCUT2D eigenvalue weighted by Gasteiger charge is -2.33. The summed E-state index contributed by atoms with van der Waals surface area (Å²) in [6, 6.07) is 9.94.